The summed E-state index contributed by atoms with van der Waals surface area (Å²) in [5.41, 5.74) is 7.44. The molecule has 18 heavy (non-hydrogen) atoms. The average molecular weight is 252 g/mol. The third-order valence-electron chi connectivity index (χ3n) is 2.47. The van der Waals surface area contributed by atoms with Crippen molar-refractivity contribution in [3.05, 3.63) is 29.3 Å². The van der Waals surface area contributed by atoms with Gasteiger partial charge in [0.1, 0.15) is 0 Å². The maximum Gasteiger partial charge on any atom is 0.336 e. The van der Waals surface area contributed by atoms with Gasteiger partial charge in [-0.15, -0.1) is 0 Å². The number of aryl methyl sites for hydroxylation is 1. The van der Waals surface area contributed by atoms with Gasteiger partial charge >= 0.3 is 5.97 Å². The van der Waals surface area contributed by atoms with Gasteiger partial charge in [-0.05, 0) is 24.6 Å². The lowest BCUT2D eigenvalue weighted by Gasteiger charge is -2.10. The zero-order valence-electron chi connectivity index (χ0n) is 10.3. The topological polar surface area (TPSA) is 102 Å². The molecule has 1 aromatic carbocycles. The van der Waals surface area contributed by atoms with Crippen LogP contribution in [0.2, 0.25) is 0 Å². The molecular weight excluding hydrogens is 236 g/mol. The molecule has 1 amide bonds. The molecule has 0 aliphatic heterocycles. The van der Waals surface area contributed by atoms with E-state index in [4.69, 9.17) is 5.73 Å². The molecule has 6 nitrogen and oxygen atoms in total. The number of esters is 1. The predicted octanol–water partition coefficient (Wildman–Crippen LogP) is -0.159. The van der Waals surface area contributed by atoms with E-state index in [0.29, 0.717) is 11.3 Å². The van der Waals surface area contributed by atoms with Crippen LogP contribution in [0.4, 0.5) is 5.69 Å². The standard InChI is InChI=1S/C12H16N2O4/c1-7-3-4-8(5-9(7)13)11(16)14-6-10(15)12(17)18-2/h3-5,10,15H,6,13H2,1-2H3,(H,14,16). The zero-order chi connectivity index (χ0) is 13.7. The first kappa shape index (κ1) is 14.0. The summed E-state index contributed by atoms with van der Waals surface area (Å²) < 4.78 is 4.32. The first-order valence-corrected chi connectivity index (χ1v) is 5.36. The van der Waals surface area contributed by atoms with Crippen LogP contribution in [0, 0.1) is 6.92 Å². The largest absolute Gasteiger partial charge is 0.467 e. The van der Waals surface area contributed by atoms with Crippen LogP contribution in [0.15, 0.2) is 18.2 Å². The van der Waals surface area contributed by atoms with E-state index in [1.54, 1.807) is 12.1 Å². The average Bonchev–Trinajstić information content (AvgIpc) is 2.37. The zero-order valence-corrected chi connectivity index (χ0v) is 10.3. The number of benzene rings is 1. The predicted molar refractivity (Wildman–Crippen MR) is 65.9 cm³/mol. The van der Waals surface area contributed by atoms with Gasteiger partial charge in [0.05, 0.1) is 13.7 Å². The van der Waals surface area contributed by atoms with E-state index in [2.05, 4.69) is 10.1 Å². The summed E-state index contributed by atoms with van der Waals surface area (Å²) in [6, 6.07) is 4.88. The van der Waals surface area contributed by atoms with Gasteiger partial charge in [-0.2, -0.15) is 0 Å². The second-order valence-electron chi connectivity index (χ2n) is 3.82. The second-order valence-corrected chi connectivity index (χ2v) is 3.82. The number of hydrogen-bond donors (Lipinski definition) is 3. The van der Waals surface area contributed by atoms with Gasteiger partial charge in [-0.25, -0.2) is 4.79 Å². The van der Waals surface area contributed by atoms with Crippen LogP contribution in [0.1, 0.15) is 15.9 Å². The van der Waals surface area contributed by atoms with Gasteiger partial charge in [0.15, 0.2) is 6.10 Å². The SMILES string of the molecule is COC(=O)C(O)CNC(=O)c1ccc(C)c(N)c1. The Hall–Kier alpha value is -2.08. The summed E-state index contributed by atoms with van der Waals surface area (Å²) in [5.74, 6) is -1.21. The van der Waals surface area contributed by atoms with Crippen molar-refractivity contribution in [2.45, 2.75) is 13.0 Å². The number of aliphatic hydroxyl groups is 1. The van der Waals surface area contributed by atoms with Crippen LogP contribution in [-0.4, -0.2) is 36.7 Å². The number of methoxy groups -OCH3 is 1. The highest BCUT2D eigenvalue weighted by Crippen LogP contribution is 2.12. The first-order valence-electron chi connectivity index (χ1n) is 5.36. The Morgan fingerprint density at radius 1 is 1.50 bits per heavy atom. The highest BCUT2D eigenvalue weighted by molar-refractivity contribution is 5.95. The smallest absolute Gasteiger partial charge is 0.336 e. The molecule has 0 radical (unpaired) electrons. The van der Waals surface area contributed by atoms with Crippen molar-refractivity contribution in [2.24, 2.45) is 0 Å². The third-order valence-corrected chi connectivity index (χ3v) is 2.47. The van der Waals surface area contributed by atoms with Crippen molar-refractivity contribution in [3.8, 4) is 0 Å². The van der Waals surface area contributed by atoms with Crippen molar-refractivity contribution in [1.82, 2.24) is 5.32 Å². The molecule has 1 unspecified atom stereocenters. The maximum absolute atomic E-state index is 11.7. The Morgan fingerprint density at radius 2 is 2.17 bits per heavy atom. The van der Waals surface area contributed by atoms with E-state index in [1.165, 1.54) is 6.07 Å². The van der Waals surface area contributed by atoms with Crippen LogP contribution < -0.4 is 11.1 Å². The highest BCUT2D eigenvalue weighted by Gasteiger charge is 2.16. The minimum Gasteiger partial charge on any atom is -0.467 e. The highest BCUT2D eigenvalue weighted by atomic mass is 16.5. The molecule has 0 spiro atoms. The van der Waals surface area contributed by atoms with Gasteiger partial charge in [0.2, 0.25) is 0 Å². The number of amides is 1. The molecule has 0 aliphatic carbocycles. The normalized spacial score (nSPS) is 11.7. The fourth-order valence-corrected chi connectivity index (χ4v) is 1.29. The number of nitrogens with one attached hydrogen (secondary N) is 1. The molecule has 1 rings (SSSR count). The van der Waals surface area contributed by atoms with Gasteiger partial charge in [0, 0.05) is 11.3 Å². The summed E-state index contributed by atoms with van der Waals surface area (Å²) >= 11 is 0. The molecule has 0 saturated heterocycles. The number of hydrogen-bond acceptors (Lipinski definition) is 5. The molecule has 0 aliphatic rings. The van der Waals surface area contributed by atoms with Gasteiger partial charge in [-0.1, -0.05) is 6.07 Å². The lowest BCUT2D eigenvalue weighted by Crippen LogP contribution is -2.37. The lowest BCUT2D eigenvalue weighted by atomic mass is 10.1. The fraction of sp³-hybridized carbons (Fsp3) is 0.333. The Kier molecular flexibility index (Phi) is 4.67. The van der Waals surface area contributed by atoms with Gasteiger partial charge in [-0.3, -0.25) is 4.79 Å². The molecule has 98 valence electrons. The van der Waals surface area contributed by atoms with E-state index in [-0.39, 0.29) is 6.54 Å². The van der Waals surface area contributed by atoms with Crippen LogP contribution in [0.5, 0.6) is 0 Å². The Bertz CT molecular complexity index is 459. The fourth-order valence-electron chi connectivity index (χ4n) is 1.29. The monoisotopic (exact) mass is 252 g/mol. The summed E-state index contributed by atoms with van der Waals surface area (Å²) in [4.78, 5) is 22.6. The van der Waals surface area contributed by atoms with Crippen LogP contribution in [0.25, 0.3) is 0 Å². The number of nitrogens with two attached hydrogens (primary N) is 1. The summed E-state index contributed by atoms with van der Waals surface area (Å²) in [7, 11) is 1.16. The Labute approximate surface area is 105 Å². The minimum atomic E-state index is -1.37. The third kappa shape index (κ3) is 3.46. The molecule has 1 aromatic rings. The second kappa shape index (κ2) is 6.02. The molecule has 0 fully saturated rings. The van der Waals surface area contributed by atoms with Crippen LogP contribution in [-0.2, 0) is 9.53 Å². The number of anilines is 1. The number of carbonyl (C=O) groups is 2. The summed E-state index contributed by atoms with van der Waals surface area (Å²) in [6.45, 7) is 1.62. The molecule has 1 atom stereocenters. The van der Waals surface area contributed by atoms with E-state index < -0.39 is 18.0 Å². The summed E-state index contributed by atoms with van der Waals surface area (Å²) in [6.07, 6.45) is -1.37. The van der Waals surface area contributed by atoms with Crippen molar-refractivity contribution >= 4 is 17.6 Å². The number of carbonyl (C=O) groups excluding carboxylic acids is 2. The molecule has 0 heterocycles. The van der Waals surface area contributed by atoms with E-state index >= 15 is 0 Å². The van der Waals surface area contributed by atoms with Crippen molar-refractivity contribution in [2.75, 3.05) is 19.4 Å². The van der Waals surface area contributed by atoms with Gasteiger partial charge in [0.25, 0.3) is 5.91 Å². The minimum absolute atomic E-state index is 0.209. The quantitative estimate of drug-likeness (QED) is 0.510. The number of rotatable bonds is 4. The molecular formula is C12H16N2O4. The summed E-state index contributed by atoms with van der Waals surface area (Å²) in [5, 5.41) is 11.7. The molecule has 0 aromatic heterocycles. The van der Waals surface area contributed by atoms with E-state index in [9.17, 15) is 14.7 Å². The Morgan fingerprint density at radius 3 is 2.72 bits per heavy atom. The Balaban J connectivity index is 2.60. The number of ether oxygens (including phenoxy) is 1. The van der Waals surface area contributed by atoms with Crippen LogP contribution >= 0.6 is 0 Å². The van der Waals surface area contributed by atoms with E-state index in [1.807, 2.05) is 6.92 Å². The lowest BCUT2D eigenvalue weighted by molar-refractivity contribution is -0.149. The maximum atomic E-state index is 11.7. The van der Waals surface area contributed by atoms with E-state index in [0.717, 1.165) is 12.7 Å². The van der Waals surface area contributed by atoms with Crippen molar-refractivity contribution in [3.63, 3.8) is 0 Å². The van der Waals surface area contributed by atoms with Crippen molar-refractivity contribution < 1.29 is 19.4 Å². The van der Waals surface area contributed by atoms with Crippen molar-refractivity contribution in [1.29, 1.82) is 0 Å². The van der Waals surface area contributed by atoms with Gasteiger partial charge < -0.3 is 20.9 Å². The number of aliphatic hydroxyl groups excluding tert-OH is 1. The molecule has 0 bridgehead atoms. The molecule has 4 N–H and O–H groups in total. The molecule has 6 heteroatoms. The first-order chi connectivity index (χ1) is 8.45. The van der Waals surface area contributed by atoms with Crippen LogP contribution in [0.3, 0.4) is 0 Å². The molecule has 0 saturated carbocycles. The number of nitrogen functional groups attached to an aromatic ring is 1.